The molecule has 0 aliphatic heterocycles. The van der Waals surface area contributed by atoms with E-state index in [1.807, 2.05) is 0 Å². The molecule has 1 amide bonds. The maximum absolute atomic E-state index is 12.4. The molecule has 7 heteroatoms. The first kappa shape index (κ1) is 19.8. The topological polar surface area (TPSA) is 83.6 Å². The van der Waals surface area contributed by atoms with Gasteiger partial charge in [-0.2, -0.15) is 0 Å². The number of anilines is 1. The summed E-state index contributed by atoms with van der Waals surface area (Å²) in [6.07, 6.45) is 0. The van der Waals surface area contributed by atoms with Gasteiger partial charge in [0, 0.05) is 31.3 Å². The molecule has 0 radical (unpaired) electrons. The molecule has 0 saturated carbocycles. The van der Waals surface area contributed by atoms with Crippen molar-refractivity contribution in [3.63, 3.8) is 0 Å². The van der Waals surface area contributed by atoms with E-state index >= 15 is 0 Å². The third kappa shape index (κ3) is 4.77. The molecule has 26 heavy (non-hydrogen) atoms. The fraction of sp³-hybridized carbons (Fsp3) is 0.263. The first-order valence-electron chi connectivity index (χ1n) is 8.17. The number of amides is 1. The third-order valence-electron chi connectivity index (χ3n) is 3.98. The van der Waals surface area contributed by atoms with Gasteiger partial charge in [0.1, 0.15) is 0 Å². The van der Waals surface area contributed by atoms with Gasteiger partial charge >= 0.3 is 0 Å². The van der Waals surface area contributed by atoms with Crippen molar-refractivity contribution in [1.29, 1.82) is 0 Å². The highest BCUT2D eigenvalue weighted by Gasteiger charge is 2.17. The Morgan fingerprint density at radius 1 is 1.00 bits per heavy atom. The van der Waals surface area contributed by atoms with Crippen molar-refractivity contribution >= 4 is 27.4 Å². The fourth-order valence-electron chi connectivity index (χ4n) is 2.57. The van der Waals surface area contributed by atoms with Gasteiger partial charge in [-0.25, -0.2) is 13.1 Å². The predicted octanol–water partition coefficient (Wildman–Crippen LogP) is 2.53. The van der Waals surface area contributed by atoms with E-state index in [0.717, 1.165) is 0 Å². The van der Waals surface area contributed by atoms with Crippen LogP contribution in [0.25, 0.3) is 0 Å². The minimum absolute atomic E-state index is 0.0584. The van der Waals surface area contributed by atoms with Gasteiger partial charge in [0.2, 0.25) is 15.9 Å². The Labute approximate surface area is 153 Å². The minimum Gasteiger partial charge on any atom is -0.311 e. The third-order valence-corrected chi connectivity index (χ3v) is 5.60. The first-order valence-corrected chi connectivity index (χ1v) is 9.65. The SMILES string of the molecule is CC(=O)c1ccc(N(CCNS(=O)(=O)c2ccccc2C)C(C)=O)cc1. The summed E-state index contributed by atoms with van der Waals surface area (Å²) in [5.41, 5.74) is 1.82. The summed E-state index contributed by atoms with van der Waals surface area (Å²) in [5.74, 6) is -0.271. The average Bonchev–Trinajstić information content (AvgIpc) is 2.58. The van der Waals surface area contributed by atoms with E-state index < -0.39 is 10.0 Å². The van der Waals surface area contributed by atoms with Crippen molar-refractivity contribution in [2.24, 2.45) is 0 Å². The molecule has 0 bridgehead atoms. The number of Topliss-reactive ketones (excluding diaryl/α,β-unsaturated/α-hetero) is 1. The number of nitrogens with one attached hydrogen (secondary N) is 1. The molecule has 0 unspecified atom stereocenters. The van der Waals surface area contributed by atoms with Crippen LogP contribution in [0.1, 0.15) is 29.8 Å². The highest BCUT2D eigenvalue weighted by atomic mass is 32.2. The Balaban J connectivity index is 2.08. The first-order chi connectivity index (χ1) is 12.2. The largest absolute Gasteiger partial charge is 0.311 e. The summed E-state index contributed by atoms with van der Waals surface area (Å²) >= 11 is 0. The van der Waals surface area contributed by atoms with E-state index in [-0.39, 0.29) is 29.7 Å². The van der Waals surface area contributed by atoms with Gasteiger partial charge in [-0.15, -0.1) is 0 Å². The molecule has 138 valence electrons. The van der Waals surface area contributed by atoms with Crippen molar-refractivity contribution in [1.82, 2.24) is 4.72 Å². The molecule has 1 N–H and O–H groups in total. The highest BCUT2D eigenvalue weighted by Crippen LogP contribution is 2.17. The van der Waals surface area contributed by atoms with E-state index in [2.05, 4.69) is 4.72 Å². The van der Waals surface area contributed by atoms with Crippen LogP contribution in [0.15, 0.2) is 53.4 Å². The lowest BCUT2D eigenvalue weighted by Gasteiger charge is -2.21. The van der Waals surface area contributed by atoms with Gasteiger partial charge in [0.05, 0.1) is 4.90 Å². The van der Waals surface area contributed by atoms with E-state index in [9.17, 15) is 18.0 Å². The summed E-state index contributed by atoms with van der Waals surface area (Å²) in [5, 5.41) is 0. The van der Waals surface area contributed by atoms with Crippen LogP contribution in [0.2, 0.25) is 0 Å². The summed E-state index contributed by atoms with van der Waals surface area (Å²) < 4.78 is 27.3. The molecule has 0 fully saturated rings. The van der Waals surface area contributed by atoms with E-state index in [1.165, 1.54) is 18.7 Å². The second kappa shape index (κ2) is 8.25. The fourth-order valence-corrected chi connectivity index (χ4v) is 3.84. The maximum Gasteiger partial charge on any atom is 0.240 e. The van der Waals surface area contributed by atoms with Crippen molar-refractivity contribution in [3.8, 4) is 0 Å². The van der Waals surface area contributed by atoms with Gasteiger partial charge in [-0.05, 0) is 49.7 Å². The summed E-state index contributed by atoms with van der Waals surface area (Å²) in [7, 11) is -3.65. The molecule has 0 atom stereocenters. The molecule has 0 aliphatic carbocycles. The lowest BCUT2D eigenvalue weighted by Crippen LogP contribution is -2.37. The predicted molar refractivity (Wildman–Crippen MR) is 101 cm³/mol. The van der Waals surface area contributed by atoms with Gasteiger partial charge in [-0.3, -0.25) is 9.59 Å². The number of aryl methyl sites for hydroxylation is 1. The smallest absolute Gasteiger partial charge is 0.240 e. The molecular formula is C19H22N2O4S. The van der Waals surface area contributed by atoms with Crippen LogP contribution in [0.3, 0.4) is 0 Å². The van der Waals surface area contributed by atoms with Crippen LogP contribution in [0.4, 0.5) is 5.69 Å². The standard InChI is InChI=1S/C19H22N2O4S/c1-14-6-4-5-7-19(14)26(24,25)20-12-13-21(16(3)23)18-10-8-17(9-11-18)15(2)22/h4-11,20H,12-13H2,1-3H3. The number of ketones is 1. The highest BCUT2D eigenvalue weighted by molar-refractivity contribution is 7.89. The number of rotatable bonds is 7. The zero-order chi connectivity index (χ0) is 19.3. The van der Waals surface area contributed by atoms with Gasteiger partial charge in [0.15, 0.2) is 5.78 Å². The zero-order valence-electron chi connectivity index (χ0n) is 15.0. The monoisotopic (exact) mass is 374 g/mol. The Bertz CT molecular complexity index is 905. The molecule has 0 aromatic heterocycles. The van der Waals surface area contributed by atoms with Crippen LogP contribution < -0.4 is 9.62 Å². The Kier molecular flexibility index (Phi) is 6.28. The number of carbonyl (C=O) groups excluding carboxylic acids is 2. The number of nitrogens with zero attached hydrogens (tertiary/aromatic N) is 1. The maximum atomic E-state index is 12.4. The van der Waals surface area contributed by atoms with Crippen molar-refractivity contribution in [2.45, 2.75) is 25.7 Å². The second-order valence-corrected chi connectivity index (χ2v) is 7.67. The molecule has 2 rings (SSSR count). The lowest BCUT2D eigenvalue weighted by molar-refractivity contribution is -0.116. The zero-order valence-corrected chi connectivity index (χ0v) is 15.8. The van der Waals surface area contributed by atoms with Crippen LogP contribution in [-0.4, -0.2) is 33.2 Å². The lowest BCUT2D eigenvalue weighted by atomic mass is 10.1. The van der Waals surface area contributed by atoms with Crippen LogP contribution in [0, 0.1) is 6.92 Å². The Hall–Kier alpha value is -2.51. The van der Waals surface area contributed by atoms with Crippen molar-refractivity contribution < 1.29 is 18.0 Å². The molecule has 0 saturated heterocycles. The number of benzene rings is 2. The quantitative estimate of drug-likeness (QED) is 0.755. The summed E-state index contributed by atoms with van der Waals surface area (Å²) in [4.78, 5) is 25.0. The van der Waals surface area contributed by atoms with E-state index in [1.54, 1.807) is 55.5 Å². The average molecular weight is 374 g/mol. The van der Waals surface area contributed by atoms with Crippen LogP contribution in [0.5, 0.6) is 0 Å². The summed E-state index contributed by atoms with van der Waals surface area (Å²) in [6.45, 7) is 4.87. The van der Waals surface area contributed by atoms with Crippen molar-refractivity contribution in [2.75, 3.05) is 18.0 Å². The van der Waals surface area contributed by atoms with Crippen molar-refractivity contribution in [3.05, 3.63) is 59.7 Å². The Morgan fingerprint density at radius 2 is 1.62 bits per heavy atom. The molecule has 2 aromatic carbocycles. The molecule has 6 nitrogen and oxygen atoms in total. The number of hydrogen-bond acceptors (Lipinski definition) is 4. The summed E-state index contributed by atoms with van der Waals surface area (Å²) in [6, 6.07) is 13.3. The number of hydrogen-bond donors (Lipinski definition) is 1. The number of sulfonamides is 1. The van der Waals surface area contributed by atoms with E-state index in [4.69, 9.17) is 0 Å². The molecule has 0 aliphatic rings. The van der Waals surface area contributed by atoms with Crippen LogP contribution in [-0.2, 0) is 14.8 Å². The molecule has 2 aromatic rings. The molecule has 0 spiro atoms. The minimum atomic E-state index is -3.65. The van der Waals surface area contributed by atoms with Gasteiger partial charge < -0.3 is 4.90 Å². The molecular weight excluding hydrogens is 352 g/mol. The van der Waals surface area contributed by atoms with Gasteiger partial charge in [-0.1, -0.05) is 18.2 Å². The van der Waals surface area contributed by atoms with E-state index in [0.29, 0.717) is 16.8 Å². The number of carbonyl (C=O) groups is 2. The Morgan fingerprint density at radius 3 is 2.15 bits per heavy atom. The van der Waals surface area contributed by atoms with Gasteiger partial charge in [0.25, 0.3) is 0 Å². The second-order valence-electron chi connectivity index (χ2n) is 5.94. The molecule has 0 heterocycles. The van der Waals surface area contributed by atoms with Crippen LogP contribution >= 0.6 is 0 Å². The normalized spacial score (nSPS) is 11.2.